The van der Waals surface area contributed by atoms with Crippen LogP contribution in [-0.4, -0.2) is 23.9 Å². The minimum absolute atomic E-state index is 0.107. The number of nitrogens with zero attached hydrogens (tertiary/aromatic N) is 7. The Morgan fingerprint density at radius 3 is 2.71 bits per heavy atom. The SMILES string of the molecule is Cc1ccc(C#N)cc1-c1cc2c(s1)c(=O)n(-c1cncc3cnn(C)c13)c(=O)n2CCC#N. The number of rotatable bonds is 4. The highest BCUT2D eigenvalue weighted by molar-refractivity contribution is 7.22. The predicted molar refractivity (Wildman–Crippen MR) is 129 cm³/mol. The molecule has 0 aliphatic heterocycles. The molecule has 5 rings (SSSR count). The van der Waals surface area contributed by atoms with E-state index in [-0.39, 0.29) is 13.0 Å². The average molecular weight is 468 g/mol. The smallest absolute Gasteiger partial charge is 0.291 e. The molecule has 5 aromatic rings. The summed E-state index contributed by atoms with van der Waals surface area (Å²) in [5.74, 6) is 0. The molecule has 9 nitrogen and oxygen atoms in total. The van der Waals surface area contributed by atoms with E-state index in [1.165, 1.54) is 22.1 Å². The molecule has 0 aliphatic carbocycles. The lowest BCUT2D eigenvalue weighted by atomic mass is 10.0. The Morgan fingerprint density at radius 1 is 1.12 bits per heavy atom. The molecule has 0 bridgehead atoms. The summed E-state index contributed by atoms with van der Waals surface area (Å²) >= 11 is 1.26. The summed E-state index contributed by atoms with van der Waals surface area (Å²) in [6, 6.07) is 11.4. The van der Waals surface area contributed by atoms with Crippen LogP contribution < -0.4 is 11.2 Å². The maximum Gasteiger partial charge on any atom is 0.336 e. The molecule has 0 spiro atoms. The Kier molecular flexibility index (Phi) is 5.08. The molecule has 1 aromatic carbocycles. The molecule has 0 aliphatic rings. The van der Waals surface area contributed by atoms with Crippen LogP contribution in [0.1, 0.15) is 17.5 Å². The van der Waals surface area contributed by atoms with Crippen LogP contribution in [0.5, 0.6) is 0 Å². The maximum atomic E-state index is 13.7. The van der Waals surface area contributed by atoms with Crippen LogP contribution in [0.2, 0.25) is 0 Å². The van der Waals surface area contributed by atoms with Gasteiger partial charge in [0.15, 0.2) is 0 Å². The summed E-state index contributed by atoms with van der Waals surface area (Å²) in [5.41, 5.74) is 2.66. The van der Waals surface area contributed by atoms with E-state index in [1.807, 2.05) is 13.0 Å². The fraction of sp³-hybridized carbons (Fsp3) is 0.167. The van der Waals surface area contributed by atoms with Gasteiger partial charge in [-0.1, -0.05) is 6.07 Å². The second kappa shape index (κ2) is 8.10. The number of aromatic nitrogens is 5. The van der Waals surface area contributed by atoms with E-state index >= 15 is 0 Å². The molecular formula is C24H17N7O2S. The molecule has 0 atom stereocenters. The molecule has 0 saturated heterocycles. The van der Waals surface area contributed by atoms with Gasteiger partial charge in [-0.2, -0.15) is 15.6 Å². The lowest BCUT2D eigenvalue weighted by Gasteiger charge is -2.12. The molecule has 0 fully saturated rings. The summed E-state index contributed by atoms with van der Waals surface area (Å²) in [4.78, 5) is 32.3. The third kappa shape index (κ3) is 3.20. The van der Waals surface area contributed by atoms with Crippen LogP contribution in [0.4, 0.5) is 0 Å². The van der Waals surface area contributed by atoms with Crippen molar-refractivity contribution in [1.82, 2.24) is 23.9 Å². The molecule has 0 unspecified atom stereocenters. The Morgan fingerprint density at radius 2 is 1.94 bits per heavy atom. The first kappa shape index (κ1) is 21.3. The number of nitriles is 2. The van der Waals surface area contributed by atoms with Crippen LogP contribution in [-0.2, 0) is 13.6 Å². The Hall–Kier alpha value is -4.54. The molecule has 0 N–H and O–H groups in total. The molecule has 0 amide bonds. The van der Waals surface area contributed by atoms with Crippen molar-refractivity contribution in [3.05, 3.63) is 74.8 Å². The fourth-order valence-electron chi connectivity index (χ4n) is 4.10. The molecule has 4 heterocycles. The Bertz CT molecular complexity index is 1810. The number of pyridine rings is 1. The topological polar surface area (TPSA) is 122 Å². The molecular weight excluding hydrogens is 450 g/mol. The molecule has 0 saturated carbocycles. The van der Waals surface area contributed by atoms with Crippen molar-refractivity contribution in [3.63, 3.8) is 0 Å². The van der Waals surface area contributed by atoms with Crippen LogP contribution in [0, 0.1) is 29.6 Å². The highest BCUT2D eigenvalue weighted by Crippen LogP contribution is 2.34. The quantitative estimate of drug-likeness (QED) is 0.400. The van der Waals surface area contributed by atoms with E-state index in [1.54, 1.807) is 42.3 Å². The minimum Gasteiger partial charge on any atom is -0.291 e. The monoisotopic (exact) mass is 467 g/mol. The third-order valence-corrected chi connectivity index (χ3v) is 6.91. The van der Waals surface area contributed by atoms with Crippen LogP contribution in [0.15, 0.2) is 52.4 Å². The first-order valence-corrected chi connectivity index (χ1v) is 11.2. The number of hydrogen-bond acceptors (Lipinski definition) is 7. The van der Waals surface area contributed by atoms with Gasteiger partial charge in [0, 0.05) is 30.1 Å². The van der Waals surface area contributed by atoms with Crippen LogP contribution in [0.3, 0.4) is 0 Å². The van der Waals surface area contributed by atoms with Gasteiger partial charge in [-0.3, -0.25) is 19.0 Å². The standard InChI is InChI=1S/C24H17N7O2S/c1-14-4-5-15(10-26)8-17(14)20-9-18-22(34-20)23(32)31(24(33)30(18)7-3-6-25)19-13-27-11-16-12-28-29(2)21(16)19/h4-5,8-9,11-13H,3,7H2,1-2H3. The van der Waals surface area contributed by atoms with Gasteiger partial charge in [-0.15, -0.1) is 11.3 Å². The van der Waals surface area contributed by atoms with Gasteiger partial charge >= 0.3 is 5.69 Å². The van der Waals surface area contributed by atoms with Gasteiger partial charge < -0.3 is 0 Å². The highest BCUT2D eigenvalue weighted by Gasteiger charge is 2.21. The van der Waals surface area contributed by atoms with E-state index in [0.717, 1.165) is 20.6 Å². The van der Waals surface area contributed by atoms with Crippen molar-refractivity contribution in [3.8, 4) is 28.3 Å². The van der Waals surface area contributed by atoms with Gasteiger partial charge in [0.1, 0.15) is 4.70 Å². The first-order valence-electron chi connectivity index (χ1n) is 10.4. The van der Waals surface area contributed by atoms with E-state index < -0.39 is 11.2 Å². The number of benzene rings is 1. The van der Waals surface area contributed by atoms with Crippen molar-refractivity contribution >= 4 is 32.5 Å². The van der Waals surface area contributed by atoms with Gasteiger partial charge in [0.2, 0.25) is 0 Å². The van der Waals surface area contributed by atoms with Crippen molar-refractivity contribution in [2.75, 3.05) is 0 Å². The molecule has 34 heavy (non-hydrogen) atoms. The summed E-state index contributed by atoms with van der Waals surface area (Å²) in [6.07, 6.45) is 4.83. The Labute approximate surface area is 197 Å². The fourth-order valence-corrected chi connectivity index (χ4v) is 5.28. The largest absolute Gasteiger partial charge is 0.336 e. The van der Waals surface area contributed by atoms with Gasteiger partial charge in [0.25, 0.3) is 5.56 Å². The Balaban J connectivity index is 1.87. The summed E-state index contributed by atoms with van der Waals surface area (Å²) < 4.78 is 4.54. The second-order valence-corrected chi connectivity index (χ2v) is 8.87. The molecule has 0 radical (unpaired) electrons. The zero-order valence-corrected chi connectivity index (χ0v) is 19.1. The van der Waals surface area contributed by atoms with Crippen molar-refractivity contribution in [2.45, 2.75) is 19.9 Å². The zero-order chi connectivity index (χ0) is 24.0. The maximum absolute atomic E-state index is 13.7. The first-order chi connectivity index (χ1) is 16.4. The normalized spacial score (nSPS) is 11.1. The van der Waals surface area contributed by atoms with Crippen LogP contribution >= 0.6 is 11.3 Å². The molecule has 166 valence electrons. The van der Waals surface area contributed by atoms with Gasteiger partial charge in [0.05, 0.1) is 53.2 Å². The van der Waals surface area contributed by atoms with Crippen molar-refractivity contribution in [2.24, 2.45) is 7.05 Å². The predicted octanol–water partition coefficient (Wildman–Crippen LogP) is 3.26. The van der Waals surface area contributed by atoms with Crippen LogP contribution in [0.25, 0.3) is 37.2 Å². The number of hydrogen-bond donors (Lipinski definition) is 0. The van der Waals surface area contributed by atoms with Crippen molar-refractivity contribution < 1.29 is 0 Å². The summed E-state index contributed by atoms with van der Waals surface area (Å²) in [7, 11) is 1.73. The third-order valence-electron chi connectivity index (χ3n) is 5.76. The van der Waals surface area contributed by atoms with Gasteiger partial charge in [-0.05, 0) is 36.2 Å². The lowest BCUT2D eigenvalue weighted by Crippen LogP contribution is -2.38. The summed E-state index contributed by atoms with van der Waals surface area (Å²) in [5, 5.41) is 23.4. The highest BCUT2D eigenvalue weighted by atomic mass is 32.1. The van der Waals surface area contributed by atoms with Gasteiger partial charge in [-0.25, -0.2) is 9.36 Å². The van der Waals surface area contributed by atoms with E-state index in [0.29, 0.717) is 32.4 Å². The zero-order valence-electron chi connectivity index (χ0n) is 18.3. The number of thiophene rings is 1. The summed E-state index contributed by atoms with van der Waals surface area (Å²) in [6.45, 7) is 2.06. The van der Waals surface area contributed by atoms with E-state index in [9.17, 15) is 20.1 Å². The van der Waals surface area contributed by atoms with Crippen molar-refractivity contribution in [1.29, 1.82) is 10.5 Å². The minimum atomic E-state index is -0.546. The molecule has 4 aromatic heterocycles. The lowest BCUT2D eigenvalue weighted by molar-refractivity contribution is 0.662. The number of fused-ring (bicyclic) bond motifs is 2. The number of aryl methyl sites for hydroxylation is 3. The molecule has 10 heteroatoms. The van der Waals surface area contributed by atoms with E-state index in [4.69, 9.17) is 0 Å². The van der Waals surface area contributed by atoms with E-state index in [2.05, 4.69) is 22.2 Å². The second-order valence-electron chi connectivity index (χ2n) is 7.81. The average Bonchev–Trinajstić information content (AvgIpc) is 3.44.